The highest BCUT2D eigenvalue weighted by Gasteiger charge is 2.37. The lowest BCUT2D eigenvalue weighted by atomic mass is 9.80. The molecular formula is C47H35N3. The summed E-state index contributed by atoms with van der Waals surface area (Å²) in [7, 11) is 0. The van der Waals surface area contributed by atoms with E-state index in [-0.39, 0.29) is 5.41 Å². The van der Waals surface area contributed by atoms with Crippen LogP contribution in [-0.2, 0) is 5.41 Å². The molecule has 0 saturated carbocycles. The minimum Gasteiger partial charge on any atom is -0.261 e. The Morgan fingerprint density at radius 2 is 1.04 bits per heavy atom. The summed E-state index contributed by atoms with van der Waals surface area (Å²) in [4.78, 5) is 15.1. The summed E-state index contributed by atoms with van der Waals surface area (Å²) in [5.74, 6) is 0.687. The number of aromatic nitrogens is 3. The average molecular weight is 642 g/mol. The van der Waals surface area contributed by atoms with E-state index in [9.17, 15) is 0 Å². The van der Waals surface area contributed by atoms with Crippen LogP contribution in [0.3, 0.4) is 0 Å². The molecule has 0 spiro atoms. The number of aryl methyl sites for hydroxylation is 1. The molecule has 0 N–H and O–H groups in total. The molecule has 1 aliphatic rings. The minimum absolute atomic E-state index is 0.135. The largest absolute Gasteiger partial charge is 0.261 e. The first-order valence-corrected chi connectivity index (χ1v) is 17.2. The zero-order valence-corrected chi connectivity index (χ0v) is 28.4. The molecule has 3 heteroatoms. The van der Waals surface area contributed by atoms with Crippen molar-refractivity contribution in [3.05, 3.63) is 175 Å². The second-order valence-electron chi connectivity index (χ2n) is 13.7. The molecule has 9 rings (SSSR count). The van der Waals surface area contributed by atoms with Gasteiger partial charge in [0.25, 0.3) is 0 Å². The predicted octanol–water partition coefficient (Wildman–Crippen LogP) is 12.0. The summed E-state index contributed by atoms with van der Waals surface area (Å²) in [6, 6.07) is 54.0. The van der Waals surface area contributed by atoms with Crippen LogP contribution in [0, 0.1) is 6.92 Å². The van der Waals surface area contributed by atoms with Gasteiger partial charge in [-0.3, -0.25) is 4.98 Å². The van der Waals surface area contributed by atoms with Crippen LogP contribution < -0.4 is 0 Å². The Morgan fingerprint density at radius 3 is 1.72 bits per heavy atom. The molecule has 2 heterocycles. The van der Waals surface area contributed by atoms with Crippen LogP contribution in [-0.4, -0.2) is 15.0 Å². The molecule has 6 aromatic carbocycles. The van der Waals surface area contributed by atoms with Gasteiger partial charge in [-0.05, 0) is 93.0 Å². The molecule has 0 atom stereocenters. The smallest absolute Gasteiger partial charge is 0.160 e. The fourth-order valence-electron chi connectivity index (χ4n) is 7.60. The van der Waals surface area contributed by atoms with E-state index in [0.717, 1.165) is 50.5 Å². The van der Waals surface area contributed by atoms with E-state index in [1.54, 1.807) is 0 Å². The first-order chi connectivity index (χ1) is 24.4. The Bertz CT molecular complexity index is 2490. The number of fused-ring (bicyclic) bond motifs is 5. The molecule has 0 amide bonds. The molecule has 3 nitrogen and oxygen atoms in total. The highest BCUT2D eigenvalue weighted by Crippen LogP contribution is 2.53. The molecule has 0 unspecified atom stereocenters. The maximum Gasteiger partial charge on any atom is 0.160 e. The van der Waals surface area contributed by atoms with Crippen LogP contribution in [0.25, 0.3) is 78.1 Å². The van der Waals surface area contributed by atoms with Gasteiger partial charge in [0.05, 0.1) is 11.4 Å². The Morgan fingerprint density at radius 1 is 0.440 bits per heavy atom. The summed E-state index contributed by atoms with van der Waals surface area (Å²) in [5.41, 5.74) is 15.6. The van der Waals surface area contributed by atoms with Gasteiger partial charge in [0, 0.05) is 39.6 Å². The van der Waals surface area contributed by atoms with Crippen LogP contribution in [0.4, 0.5) is 0 Å². The highest BCUT2D eigenvalue weighted by molar-refractivity contribution is 6.09. The third kappa shape index (κ3) is 5.02. The average Bonchev–Trinajstić information content (AvgIpc) is 3.41. The SMILES string of the molecule is Cc1ccc(-c2cc(-c3nc(-c4ccccc4)cc(-c4ccccc4)n3)cc(-c3cc4c(c5ccccc35)-c3ccccc3C4(C)C)c2)cn1. The summed E-state index contributed by atoms with van der Waals surface area (Å²) in [6.07, 6.45) is 1.97. The van der Waals surface area contributed by atoms with Crippen molar-refractivity contribution in [2.45, 2.75) is 26.2 Å². The van der Waals surface area contributed by atoms with Gasteiger partial charge in [0.1, 0.15) is 0 Å². The number of hydrogen-bond acceptors (Lipinski definition) is 3. The molecular weight excluding hydrogens is 607 g/mol. The Kier molecular flexibility index (Phi) is 7.03. The quantitative estimate of drug-likeness (QED) is 0.188. The molecule has 238 valence electrons. The van der Waals surface area contributed by atoms with Crippen molar-refractivity contribution >= 4 is 10.8 Å². The van der Waals surface area contributed by atoms with E-state index in [0.29, 0.717) is 5.82 Å². The van der Waals surface area contributed by atoms with Gasteiger partial charge < -0.3 is 0 Å². The second kappa shape index (κ2) is 11.7. The molecule has 0 bridgehead atoms. The topological polar surface area (TPSA) is 38.7 Å². The lowest BCUT2D eigenvalue weighted by molar-refractivity contribution is 0.661. The summed E-state index contributed by atoms with van der Waals surface area (Å²) in [5, 5.41) is 2.50. The van der Waals surface area contributed by atoms with E-state index in [1.807, 2.05) is 25.3 Å². The van der Waals surface area contributed by atoms with Crippen LogP contribution in [0.5, 0.6) is 0 Å². The van der Waals surface area contributed by atoms with Crippen molar-refractivity contribution in [1.29, 1.82) is 0 Å². The van der Waals surface area contributed by atoms with Crippen molar-refractivity contribution < 1.29 is 0 Å². The van der Waals surface area contributed by atoms with E-state index in [1.165, 1.54) is 38.6 Å². The zero-order valence-electron chi connectivity index (χ0n) is 28.4. The standard InChI is InChI=1S/C47H35N3/c1-30-22-23-33(29-48-30)34-24-35(40-27-42-45(38-19-11-10-18-37(38)40)39-20-12-13-21-41(39)47(42,2)3)26-36(25-34)46-49-43(31-14-6-4-7-15-31)28-44(50-46)32-16-8-5-9-17-32/h4-29H,1-3H3. The van der Waals surface area contributed by atoms with Crippen molar-refractivity contribution in [2.75, 3.05) is 0 Å². The van der Waals surface area contributed by atoms with Crippen molar-refractivity contribution in [1.82, 2.24) is 15.0 Å². The molecule has 0 aliphatic heterocycles. The van der Waals surface area contributed by atoms with Crippen LogP contribution in [0.15, 0.2) is 158 Å². The molecule has 0 saturated heterocycles. The molecule has 8 aromatic rings. The van der Waals surface area contributed by atoms with Crippen LogP contribution >= 0.6 is 0 Å². The lowest BCUT2D eigenvalue weighted by Gasteiger charge is -2.23. The third-order valence-corrected chi connectivity index (χ3v) is 10.2. The molecule has 0 fully saturated rings. The summed E-state index contributed by atoms with van der Waals surface area (Å²) < 4.78 is 0. The van der Waals surface area contributed by atoms with Gasteiger partial charge in [-0.15, -0.1) is 0 Å². The maximum absolute atomic E-state index is 5.23. The van der Waals surface area contributed by atoms with Gasteiger partial charge in [-0.1, -0.05) is 129 Å². The van der Waals surface area contributed by atoms with Crippen LogP contribution in [0.1, 0.15) is 30.7 Å². The number of benzene rings is 6. The van der Waals surface area contributed by atoms with E-state index in [4.69, 9.17) is 9.97 Å². The Labute approximate surface area is 293 Å². The number of hydrogen-bond donors (Lipinski definition) is 0. The van der Waals surface area contributed by atoms with E-state index in [2.05, 4.69) is 158 Å². The number of pyridine rings is 1. The first kappa shape index (κ1) is 29.9. The van der Waals surface area contributed by atoms with Crippen molar-refractivity contribution in [3.8, 4) is 67.3 Å². The molecule has 1 aliphatic carbocycles. The van der Waals surface area contributed by atoms with Gasteiger partial charge >= 0.3 is 0 Å². The Balaban J connectivity index is 1.32. The van der Waals surface area contributed by atoms with E-state index < -0.39 is 0 Å². The molecule has 50 heavy (non-hydrogen) atoms. The third-order valence-electron chi connectivity index (χ3n) is 10.2. The zero-order chi connectivity index (χ0) is 33.8. The fourth-order valence-corrected chi connectivity index (χ4v) is 7.60. The van der Waals surface area contributed by atoms with Gasteiger partial charge in [0.2, 0.25) is 0 Å². The molecule has 2 aromatic heterocycles. The van der Waals surface area contributed by atoms with Gasteiger partial charge in [0.15, 0.2) is 5.82 Å². The Hall–Kier alpha value is -6.19. The van der Waals surface area contributed by atoms with Gasteiger partial charge in [-0.25, -0.2) is 9.97 Å². The van der Waals surface area contributed by atoms with E-state index >= 15 is 0 Å². The highest BCUT2D eigenvalue weighted by atomic mass is 14.9. The number of rotatable bonds is 5. The normalized spacial score (nSPS) is 12.9. The van der Waals surface area contributed by atoms with Crippen LogP contribution in [0.2, 0.25) is 0 Å². The minimum atomic E-state index is -0.135. The monoisotopic (exact) mass is 641 g/mol. The maximum atomic E-state index is 5.23. The predicted molar refractivity (Wildman–Crippen MR) is 207 cm³/mol. The van der Waals surface area contributed by atoms with Crippen molar-refractivity contribution in [3.63, 3.8) is 0 Å². The molecule has 0 radical (unpaired) electrons. The first-order valence-electron chi connectivity index (χ1n) is 17.2. The van der Waals surface area contributed by atoms with Gasteiger partial charge in [-0.2, -0.15) is 0 Å². The second-order valence-corrected chi connectivity index (χ2v) is 13.7. The fraction of sp³-hybridized carbons (Fsp3) is 0.0851. The summed E-state index contributed by atoms with van der Waals surface area (Å²) in [6.45, 7) is 6.73. The van der Waals surface area contributed by atoms with Crippen molar-refractivity contribution in [2.24, 2.45) is 0 Å². The summed E-state index contributed by atoms with van der Waals surface area (Å²) >= 11 is 0. The number of nitrogens with zero attached hydrogens (tertiary/aromatic N) is 3. The lowest BCUT2D eigenvalue weighted by Crippen LogP contribution is -2.15.